The fourth-order valence-electron chi connectivity index (χ4n) is 3.11. The van der Waals surface area contributed by atoms with Crippen LogP contribution in [0.4, 0.5) is 0 Å². The van der Waals surface area contributed by atoms with Crippen LogP contribution in [0.25, 0.3) is 0 Å². The lowest BCUT2D eigenvalue weighted by atomic mass is 10.1. The first-order valence-corrected chi connectivity index (χ1v) is 8.17. The van der Waals surface area contributed by atoms with Crippen LogP contribution >= 0.6 is 0 Å². The Morgan fingerprint density at radius 1 is 1.19 bits per heavy atom. The van der Waals surface area contributed by atoms with Crippen molar-refractivity contribution < 1.29 is 9.53 Å². The summed E-state index contributed by atoms with van der Waals surface area (Å²) in [6, 6.07) is 0.885. The van der Waals surface area contributed by atoms with Crippen molar-refractivity contribution in [3.05, 3.63) is 0 Å². The highest BCUT2D eigenvalue weighted by Gasteiger charge is 2.36. The zero-order valence-electron chi connectivity index (χ0n) is 14.3. The molecule has 0 aromatic heterocycles. The first kappa shape index (κ1) is 16.7. The molecule has 0 saturated carbocycles. The molecule has 2 rings (SSSR count). The Morgan fingerprint density at radius 2 is 1.90 bits per heavy atom. The zero-order valence-corrected chi connectivity index (χ0v) is 14.3. The number of carbonyl (C=O) groups is 1. The Labute approximate surface area is 129 Å². The smallest absolute Gasteiger partial charge is 0.236 e. The van der Waals surface area contributed by atoms with Crippen LogP contribution in [0, 0.1) is 0 Å². The highest BCUT2D eigenvalue weighted by atomic mass is 16.5. The van der Waals surface area contributed by atoms with E-state index < -0.39 is 0 Å². The molecule has 0 bridgehead atoms. The van der Waals surface area contributed by atoms with Crippen LogP contribution in [0.1, 0.15) is 34.1 Å². The minimum Gasteiger partial charge on any atom is -0.372 e. The summed E-state index contributed by atoms with van der Waals surface area (Å²) in [6.07, 6.45) is 1.10. The third-order valence-corrected chi connectivity index (χ3v) is 4.98. The standard InChI is InChI=1S/C16H31N3O2/c1-13(2)19-7-6-16(4,12-19)21-11-14(3)18-9-8-17(5)15(20)10-18/h13-14H,6-12H2,1-5H3. The first-order chi connectivity index (χ1) is 9.81. The van der Waals surface area contributed by atoms with E-state index in [0.29, 0.717) is 25.2 Å². The van der Waals surface area contributed by atoms with Crippen molar-refractivity contribution in [2.75, 3.05) is 46.4 Å². The third kappa shape index (κ3) is 4.18. The van der Waals surface area contributed by atoms with E-state index in [1.165, 1.54) is 0 Å². The number of ether oxygens (including phenoxy) is 1. The quantitative estimate of drug-likeness (QED) is 0.760. The summed E-state index contributed by atoms with van der Waals surface area (Å²) < 4.78 is 6.24. The average Bonchev–Trinajstić information content (AvgIpc) is 2.83. The predicted molar refractivity (Wildman–Crippen MR) is 84.4 cm³/mol. The fraction of sp³-hybridized carbons (Fsp3) is 0.938. The summed E-state index contributed by atoms with van der Waals surface area (Å²) in [4.78, 5) is 18.3. The van der Waals surface area contributed by atoms with Gasteiger partial charge in [0.1, 0.15) is 0 Å². The number of likely N-dealkylation sites (tertiary alicyclic amines) is 1. The molecule has 0 spiro atoms. The molecule has 1 amide bonds. The van der Waals surface area contributed by atoms with E-state index in [-0.39, 0.29) is 11.5 Å². The number of nitrogens with zero attached hydrogens (tertiary/aromatic N) is 3. The number of amides is 1. The van der Waals surface area contributed by atoms with Crippen molar-refractivity contribution in [1.82, 2.24) is 14.7 Å². The van der Waals surface area contributed by atoms with Crippen LogP contribution < -0.4 is 0 Å². The van der Waals surface area contributed by atoms with Crippen LogP contribution in [0.5, 0.6) is 0 Å². The van der Waals surface area contributed by atoms with Crippen molar-refractivity contribution >= 4 is 5.91 Å². The van der Waals surface area contributed by atoms with Gasteiger partial charge in [-0.2, -0.15) is 0 Å². The molecule has 2 aliphatic heterocycles. The number of hydrogen-bond acceptors (Lipinski definition) is 4. The zero-order chi connectivity index (χ0) is 15.6. The Hall–Kier alpha value is -0.650. The van der Waals surface area contributed by atoms with Gasteiger partial charge < -0.3 is 9.64 Å². The van der Waals surface area contributed by atoms with Gasteiger partial charge in [0, 0.05) is 45.3 Å². The third-order valence-electron chi connectivity index (χ3n) is 4.98. The second-order valence-electron chi connectivity index (χ2n) is 7.21. The van der Waals surface area contributed by atoms with Crippen LogP contribution in [-0.2, 0) is 9.53 Å². The molecule has 2 aliphatic rings. The maximum atomic E-state index is 11.8. The molecule has 0 aliphatic carbocycles. The molecule has 2 saturated heterocycles. The van der Waals surface area contributed by atoms with Gasteiger partial charge in [0.25, 0.3) is 0 Å². The van der Waals surface area contributed by atoms with Crippen LogP contribution in [0.3, 0.4) is 0 Å². The van der Waals surface area contributed by atoms with Crippen LogP contribution in [0.2, 0.25) is 0 Å². The minimum atomic E-state index is -0.0326. The SMILES string of the molecule is CC(C)N1CCC(C)(OCC(C)N2CCN(C)C(=O)C2)C1. The van der Waals surface area contributed by atoms with Gasteiger partial charge in [-0.3, -0.25) is 14.6 Å². The molecular formula is C16H31N3O2. The summed E-state index contributed by atoms with van der Waals surface area (Å²) in [6.45, 7) is 14.0. The van der Waals surface area contributed by atoms with E-state index in [1.54, 1.807) is 0 Å². The second kappa shape index (κ2) is 6.63. The topological polar surface area (TPSA) is 36.0 Å². The van der Waals surface area contributed by atoms with E-state index in [1.807, 2.05) is 11.9 Å². The lowest BCUT2D eigenvalue weighted by molar-refractivity contribution is -0.136. The van der Waals surface area contributed by atoms with Gasteiger partial charge in [-0.15, -0.1) is 0 Å². The maximum absolute atomic E-state index is 11.8. The summed E-state index contributed by atoms with van der Waals surface area (Å²) in [5.74, 6) is 0.214. The Kier molecular flexibility index (Phi) is 5.28. The predicted octanol–water partition coefficient (Wildman–Crippen LogP) is 1.04. The largest absolute Gasteiger partial charge is 0.372 e. The van der Waals surface area contributed by atoms with Gasteiger partial charge >= 0.3 is 0 Å². The Balaban J connectivity index is 1.79. The van der Waals surface area contributed by atoms with E-state index in [9.17, 15) is 4.79 Å². The summed E-state index contributed by atoms with van der Waals surface area (Å²) in [5, 5.41) is 0. The van der Waals surface area contributed by atoms with Crippen molar-refractivity contribution in [2.45, 2.75) is 51.8 Å². The number of rotatable bonds is 5. The highest BCUT2D eigenvalue weighted by molar-refractivity contribution is 5.78. The molecule has 0 aromatic carbocycles. The summed E-state index contributed by atoms with van der Waals surface area (Å²) >= 11 is 0. The Bertz CT molecular complexity index is 375. The van der Waals surface area contributed by atoms with E-state index >= 15 is 0 Å². The van der Waals surface area contributed by atoms with Gasteiger partial charge in [0.05, 0.1) is 18.8 Å². The minimum absolute atomic E-state index is 0.0326. The van der Waals surface area contributed by atoms with E-state index in [2.05, 4.69) is 37.5 Å². The molecule has 21 heavy (non-hydrogen) atoms. The van der Waals surface area contributed by atoms with Gasteiger partial charge in [-0.1, -0.05) is 0 Å². The molecule has 2 unspecified atom stereocenters. The molecule has 0 aromatic rings. The molecule has 5 heteroatoms. The molecule has 0 radical (unpaired) electrons. The van der Waals surface area contributed by atoms with Crippen molar-refractivity contribution in [2.24, 2.45) is 0 Å². The first-order valence-electron chi connectivity index (χ1n) is 8.17. The summed E-state index contributed by atoms with van der Waals surface area (Å²) in [7, 11) is 1.88. The number of likely N-dealkylation sites (N-methyl/N-ethyl adjacent to an activating group) is 1. The molecule has 5 nitrogen and oxygen atoms in total. The molecule has 2 heterocycles. The lowest BCUT2D eigenvalue weighted by Gasteiger charge is -2.37. The van der Waals surface area contributed by atoms with Crippen LogP contribution in [-0.4, -0.2) is 84.7 Å². The van der Waals surface area contributed by atoms with Gasteiger partial charge in [0.2, 0.25) is 5.91 Å². The number of carbonyl (C=O) groups excluding carboxylic acids is 1. The monoisotopic (exact) mass is 297 g/mol. The number of hydrogen-bond donors (Lipinski definition) is 0. The van der Waals surface area contributed by atoms with E-state index in [4.69, 9.17) is 4.74 Å². The van der Waals surface area contributed by atoms with E-state index in [0.717, 1.165) is 32.6 Å². The normalized spacial score (nSPS) is 30.4. The number of piperazine rings is 1. The molecule has 122 valence electrons. The molecular weight excluding hydrogens is 266 g/mol. The molecule has 0 N–H and O–H groups in total. The van der Waals surface area contributed by atoms with Crippen LogP contribution in [0.15, 0.2) is 0 Å². The average molecular weight is 297 g/mol. The van der Waals surface area contributed by atoms with Gasteiger partial charge in [-0.25, -0.2) is 0 Å². The lowest BCUT2D eigenvalue weighted by Crippen LogP contribution is -2.53. The Morgan fingerprint density at radius 3 is 2.48 bits per heavy atom. The molecule has 2 fully saturated rings. The maximum Gasteiger partial charge on any atom is 0.236 e. The van der Waals surface area contributed by atoms with Crippen molar-refractivity contribution in [1.29, 1.82) is 0 Å². The highest BCUT2D eigenvalue weighted by Crippen LogP contribution is 2.26. The van der Waals surface area contributed by atoms with Gasteiger partial charge in [-0.05, 0) is 34.1 Å². The fourth-order valence-corrected chi connectivity index (χ4v) is 3.11. The van der Waals surface area contributed by atoms with Crippen molar-refractivity contribution in [3.8, 4) is 0 Å². The second-order valence-corrected chi connectivity index (χ2v) is 7.21. The molecule has 2 atom stereocenters. The van der Waals surface area contributed by atoms with Crippen molar-refractivity contribution in [3.63, 3.8) is 0 Å². The van der Waals surface area contributed by atoms with Gasteiger partial charge in [0.15, 0.2) is 0 Å². The summed E-state index contributed by atoms with van der Waals surface area (Å²) in [5.41, 5.74) is -0.0326.